The highest BCUT2D eigenvalue weighted by Crippen LogP contribution is 2.52. The second-order valence-electron chi connectivity index (χ2n) is 7.43. The highest BCUT2D eigenvalue weighted by Gasteiger charge is 2.69. The SMILES string of the molecule is CCCCN1C(=O)[C@@H]2[C@H](C)N[C@@]3(C(=O)Nc4ccc(C)cc43)[C@@H]2C1=O. The second kappa shape index (κ2) is 5.39. The molecule has 4 atom stereocenters. The molecule has 0 aromatic heterocycles. The van der Waals surface area contributed by atoms with Gasteiger partial charge < -0.3 is 5.32 Å². The number of rotatable bonds is 3. The van der Waals surface area contributed by atoms with Crippen LogP contribution in [0.3, 0.4) is 0 Å². The number of hydrogen-bond donors (Lipinski definition) is 2. The van der Waals surface area contributed by atoms with Gasteiger partial charge in [0.05, 0.1) is 11.8 Å². The van der Waals surface area contributed by atoms with E-state index in [0.717, 1.165) is 29.7 Å². The molecule has 0 saturated carbocycles. The fraction of sp³-hybridized carbons (Fsp3) is 0.526. The molecule has 0 aliphatic carbocycles. The topological polar surface area (TPSA) is 78.5 Å². The highest BCUT2D eigenvalue weighted by atomic mass is 16.2. The number of amides is 3. The maximum absolute atomic E-state index is 13.1. The molecule has 2 fully saturated rings. The molecular weight excluding hydrogens is 318 g/mol. The van der Waals surface area contributed by atoms with E-state index in [4.69, 9.17) is 0 Å². The van der Waals surface area contributed by atoms with Gasteiger partial charge in [0.1, 0.15) is 5.54 Å². The molecule has 3 aliphatic heterocycles. The van der Waals surface area contributed by atoms with Crippen molar-refractivity contribution >= 4 is 23.4 Å². The Kier molecular flexibility index (Phi) is 3.51. The third kappa shape index (κ3) is 1.97. The first-order chi connectivity index (χ1) is 11.9. The lowest BCUT2D eigenvalue weighted by atomic mass is 9.76. The predicted octanol–water partition coefficient (Wildman–Crippen LogP) is 1.54. The number of aryl methyl sites for hydroxylation is 1. The number of unbranched alkanes of at least 4 members (excludes halogenated alkanes) is 1. The summed E-state index contributed by atoms with van der Waals surface area (Å²) in [5.74, 6) is -1.75. The largest absolute Gasteiger partial charge is 0.324 e. The Morgan fingerprint density at radius 1 is 1.20 bits per heavy atom. The van der Waals surface area contributed by atoms with E-state index in [1.807, 2.05) is 39.0 Å². The Bertz CT molecular complexity index is 790. The van der Waals surface area contributed by atoms with E-state index in [0.29, 0.717) is 6.54 Å². The normalized spacial score (nSPS) is 33.2. The first kappa shape index (κ1) is 16.3. The molecule has 2 saturated heterocycles. The van der Waals surface area contributed by atoms with Crippen LogP contribution >= 0.6 is 0 Å². The number of nitrogens with zero attached hydrogens (tertiary/aromatic N) is 1. The summed E-state index contributed by atoms with van der Waals surface area (Å²) in [5, 5.41) is 6.22. The van der Waals surface area contributed by atoms with Gasteiger partial charge in [-0.1, -0.05) is 31.0 Å². The van der Waals surface area contributed by atoms with Crippen molar-refractivity contribution in [1.29, 1.82) is 0 Å². The van der Waals surface area contributed by atoms with E-state index in [-0.39, 0.29) is 23.8 Å². The Labute approximate surface area is 147 Å². The summed E-state index contributed by atoms with van der Waals surface area (Å²) in [7, 11) is 0. The molecule has 0 unspecified atom stereocenters. The quantitative estimate of drug-likeness (QED) is 0.818. The maximum atomic E-state index is 13.1. The van der Waals surface area contributed by atoms with Crippen LogP contribution in [0, 0.1) is 18.8 Å². The van der Waals surface area contributed by atoms with E-state index in [2.05, 4.69) is 10.6 Å². The van der Waals surface area contributed by atoms with Crippen molar-refractivity contribution in [2.45, 2.75) is 45.2 Å². The number of hydrogen-bond acceptors (Lipinski definition) is 4. The summed E-state index contributed by atoms with van der Waals surface area (Å²) in [4.78, 5) is 40.4. The number of benzene rings is 1. The minimum atomic E-state index is -1.14. The number of fused-ring (bicyclic) bond motifs is 4. The third-order valence-electron chi connectivity index (χ3n) is 5.84. The van der Waals surface area contributed by atoms with Crippen LogP contribution in [-0.4, -0.2) is 35.2 Å². The minimum absolute atomic E-state index is 0.144. The summed E-state index contributed by atoms with van der Waals surface area (Å²) in [5.41, 5.74) is 1.39. The summed E-state index contributed by atoms with van der Waals surface area (Å²) in [6.45, 7) is 6.32. The molecular formula is C19H23N3O3. The van der Waals surface area contributed by atoms with E-state index in [1.165, 1.54) is 4.90 Å². The van der Waals surface area contributed by atoms with E-state index < -0.39 is 17.4 Å². The first-order valence-electron chi connectivity index (χ1n) is 8.97. The van der Waals surface area contributed by atoms with Gasteiger partial charge in [-0.25, -0.2) is 0 Å². The van der Waals surface area contributed by atoms with Crippen molar-refractivity contribution in [1.82, 2.24) is 10.2 Å². The smallest absolute Gasteiger partial charge is 0.250 e. The number of imide groups is 1. The zero-order valence-electron chi connectivity index (χ0n) is 14.8. The highest BCUT2D eigenvalue weighted by molar-refractivity contribution is 6.15. The lowest BCUT2D eigenvalue weighted by molar-refractivity contribution is -0.142. The molecule has 0 radical (unpaired) electrons. The Morgan fingerprint density at radius 2 is 1.96 bits per heavy atom. The standard InChI is InChI=1S/C19H23N3O3/c1-4-5-8-22-16(23)14-11(3)21-19(15(14)17(22)24)12-9-10(2)6-7-13(12)20-18(19)25/h6-7,9,11,14-15,21H,4-5,8H2,1-3H3,(H,20,25)/t11-,14+,15-,19+/m0/s1. The number of likely N-dealkylation sites (tertiary alicyclic amines) is 1. The van der Waals surface area contributed by atoms with Crippen LogP contribution in [0.1, 0.15) is 37.8 Å². The summed E-state index contributed by atoms with van der Waals surface area (Å²) in [6.07, 6.45) is 1.70. The maximum Gasteiger partial charge on any atom is 0.250 e. The molecule has 3 aliphatic rings. The van der Waals surface area contributed by atoms with Gasteiger partial charge in [0, 0.05) is 23.8 Å². The van der Waals surface area contributed by atoms with Crippen LogP contribution < -0.4 is 10.6 Å². The Morgan fingerprint density at radius 3 is 2.68 bits per heavy atom. The van der Waals surface area contributed by atoms with Crippen molar-refractivity contribution < 1.29 is 14.4 Å². The number of nitrogens with one attached hydrogen (secondary N) is 2. The van der Waals surface area contributed by atoms with Gasteiger partial charge in [-0.3, -0.25) is 24.6 Å². The molecule has 6 heteroatoms. The van der Waals surface area contributed by atoms with Gasteiger partial charge in [0.15, 0.2) is 0 Å². The van der Waals surface area contributed by atoms with E-state index in [9.17, 15) is 14.4 Å². The Balaban J connectivity index is 1.83. The lowest BCUT2D eigenvalue weighted by Crippen LogP contribution is -2.53. The molecule has 4 rings (SSSR count). The van der Waals surface area contributed by atoms with Crippen molar-refractivity contribution in [3.05, 3.63) is 29.3 Å². The van der Waals surface area contributed by atoms with Gasteiger partial charge in [0.2, 0.25) is 17.7 Å². The Hall–Kier alpha value is -2.21. The molecule has 6 nitrogen and oxygen atoms in total. The molecule has 1 spiro atoms. The molecule has 1 aromatic rings. The van der Waals surface area contributed by atoms with Crippen molar-refractivity contribution in [3.8, 4) is 0 Å². The van der Waals surface area contributed by atoms with Crippen LogP contribution in [0.15, 0.2) is 18.2 Å². The fourth-order valence-electron chi connectivity index (χ4n) is 4.67. The fourth-order valence-corrected chi connectivity index (χ4v) is 4.67. The average Bonchev–Trinajstić information content (AvgIpc) is 3.12. The third-order valence-corrected chi connectivity index (χ3v) is 5.84. The molecule has 25 heavy (non-hydrogen) atoms. The van der Waals surface area contributed by atoms with Gasteiger partial charge in [-0.15, -0.1) is 0 Å². The summed E-state index contributed by atoms with van der Waals surface area (Å²) < 4.78 is 0. The predicted molar refractivity (Wildman–Crippen MR) is 92.7 cm³/mol. The molecule has 3 amide bonds. The number of anilines is 1. The minimum Gasteiger partial charge on any atom is -0.324 e. The van der Waals surface area contributed by atoms with Crippen LogP contribution in [0.4, 0.5) is 5.69 Å². The van der Waals surface area contributed by atoms with E-state index >= 15 is 0 Å². The van der Waals surface area contributed by atoms with Gasteiger partial charge >= 0.3 is 0 Å². The van der Waals surface area contributed by atoms with Crippen molar-refractivity contribution in [3.63, 3.8) is 0 Å². The lowest BCUT2D eigenvalue weighted by Gasteiger charge is -2.29. The van der Waals surface area contributed by atoms with Crippen LogP contribution in [0.5, 0.6) is 0 Å². The zero-order valence-corrected chi connectivity index (χ0v) is 14.8. The van der Waals surface area contributed by atoms with Crippen molar-refractivity contribution in [2.75, 3.05) is 11.9 Å². The van der Waals surface area contributed by atoms with Gasteiger partial charge in [-0.2, -0.15) is 0 Å². The molecule has 0 bridgehead atoms. The zero-order chi connectivity index (χ0) is 17.9. The van der Waals surface area contributed by atoms with Crippen LogP contribution in [0.25, 0.3) is 0 Å². The molecule has 3 heterocycles. The average molecular weight is 341 g/mol. The number of carbonyl (C=O) groups is 3. The molecule has 1 aromatic carbocycles. The van der Waals surface area contributed by atoms with Crippen LogP contribution in [0.2, 0.25) is 0 Å². The van der Waals surface area contributed by atoms with Crippen LogP contribution in [-0.2, 0) is 19.9 Å². The summed E-state index contributed by atoms with van der Waals surface area (Å²) >= 11 is 0. The van der Waals surface area contributed by atoms with Crippen molar-refractivity contribution in [2.24, 2.45) is 11.8 Å². The second-order valence-corrected chi connectivity index (χ2v) is 7.43. The molecule has 2 N–H and O–H groups in total. The first-order valence-corrected chi connectivity index (χ1v) is 8.97. The molecule has 132 valence electrons. The van der Waals surface area contributed by atoms with Gasteiger partial charge in [0.25, 0.3) is 0 Å². The monoisotopic (exact) mass is 341 g/mol. The van der Waals surface area contributed by atoms with E-state index in [1.54, 1.807) is 0 Å². The number of carbonyl (C=O) groups excluding carboxylic acids is 3. The summed E-state index contributed by atoms with van der Waals surface area (Å²) in [6, 6.07) is 5.52. The van der Waals surface area contributed by atoms with Gasteiger partial charge in [-0.05, 0) is 26.3 Å².